The summed E-state index contributed by atoms with van der Waals surface area (Å²) in [7, 11) is 0. The van der Waals surface area contributed by atoms with Crippen molar-refractivity contribution in [3.05, 3.63) is 157 Å². The second kappa shape index (κ2) is 17.7. The Bertz CT molecular complexity index is 3730. The Morgan fingerprint density at radius 1 is 0.406 bits per heavy atom. The number of nitrogens with zero attached hydrogens (tertiary/aromatic N) is 7. The lowest BCUT2D eigenvalue weighted by molar-refractivity contribution is -0.144. The smallest absolute Gasteiger partial charge is 0.234 e. The second-order valence-corrected chi connectivity index (χ2v) is 15.8. The molecule has 0 aliphatic rings. The van der Waals surface area contributed by atoms with Crippen LogP contribution in [0.1, 0.15) is 33.4 Å². The van der Waals surface area contributed by atoms with Crippen molar-refractivity contribution < 1.29 is 52.7 Å². The fourth-order valence-corrected chi connectivity index (χ4v) is 8.19. The molecule has 7 aromatic rings. The van der Waals surface area contributed by atoms with Gasteiger partial charge in [0.05, 0.1) is 55.7 Å². The Balaban J connectivity index is 1.68. The van der Waals surface area contributed by atoms with Crippen molar-refractivity contribution in [1.29, 1.82) is 31.6 Å². The fraction of sp³-hybridized carbons (Fsp3) is 0.0816. The van der Waals surface area contributed by atoms with Gasteiger partial charge in [-0.25, -0.2) is 4.98 Å². The Labute approximate surface area is 383 Å². The molecule has 6 aromatic carbocycles. The molecule has 0 atom stereocenters. The molecule has 0 unspecified atom stereocenters. The standard InChI is InChI=1S/C49H17F12N7S/c50-46(51,52)35-9-29(10-36(14-35)47(53,54)55)27-3-24(18-62)5-31(7-27)40-13-26(33(20-64)21-65)1-2-39(40)42-17-44-43(68-45(69-44)34(22-66)23-67)16-41(42)32-6-25(19-63)4-28(8-32)30-11-37(48(56,57)58)15-38(12-30)49(59,60)61/h1-17H/b42-39+. The summed E-state index contributed by atoms with van der Waals surface area (Å²) in [5.41, 5.74) is -10.1. The number of hydrogen-bond donors (Lipinski definition) is 0. The molecule has 0 amide bonds. The van der Waals surface area contributed by atoms with E-state index < -0.39 is 69.2 Å². The van der Waals surface area contributed by atoms with E-state index in [2.05, 4.69) is 4.98 Å². The zero-order chi connectivity index (χ0) is 50.4. The van der Waals surface area contributed by atoms with Crippen molar-refractivity contribution in [1.82, 2.24) is 4.98 Å². The lowest BCUT2D eigenvalue weighted by Gasteiger charge is -2.16. The third-order valence-electron chi connectivity index (χ3n) is 10.4. The van der Waals surface area contributed by atoms with Crippen molar-refractivity contribution in [3.63, 3.8) is 0 Å². The van der Waals surface area contributed by atoms with Crippen molar-refractivity contribution in [3.8, 4) is 80.9 Å². The molecule has 0 spiro atoms. The summed E-state index contributed by atoms with van der Waals surface area (Å²) < 4.78 is 168. The lowest BCUT2D eigenvalue weighted by atomic mass is 9.90. The van der Waals surface area contributed by atoms with E-state index in [1.54, 1.807) is 24.3 Å². The Hall–Kier alpha value is -8.95. The lowest BCUT2D eigenvalue weighted by Crippen LogP contribution is -2.11. The predicted octanol–water partition coefficient (Wildman–Crippen LogP) is 12.5. The molecule has 1 heterocycles. The number of thiazole rings is 1. The zero-order valence-electron chi connectivity index (χ0n) is 33.9. The average Bonchev–Trinajstić information content (AvgIpc) is 3.73. The van der Waals surface area contributed by atoms with Gasteiger partial charge in [-0.2, -0.15) is 84.3 Å². The summed E-state index contributed by atoms with van der Waals surface area (Å²) >= 11 is 0.836. The molecule has 0 aliphatic carbocycles. The third kappa shape index (κ3) is 9.80. The maximum Gasteiger partial charge on any atom is 0.416 e. The first-order chi connectivity index (χ1) is 32.4. The van der Waals surface area contributed by atoms with Crippen LogP contribution in [0.15, 0.2) is 103 Å². The summed E-state index contributed by atoms with van der Waals surface area (Å²) in [6.07, 6.45) is -21.0. The maximum absolute atomic E-state index is 14.0. The quantitative estimate of drug-likeness (QED) is 0.159. The van der Waals surface area contributed by atoms with Crippen molar-refractivity contribution in [2.24, 2.45) is 0 Å². The number of nitriles is 6. The molecule has 0 radical (unpaired) electrons. The molecular weight excluding hydrogens is 947 g/mol. The molecule has 69 heavy (non-hydrogen) atoms. The SMILES string of the molecule is N#CC(C#N)=c1cc/c(=c2/cc3sc(=C(C#N)C#N)nc3cc2-c2cc(C#N)cc(-c3cc(C(F)(F)F)cc(C(F)(F)F)c3)c2)c(-c2cc(C#N)cc(-c3cc(C(F)(F)F)cc(C(F)(F)F)c3)c2)c1. The van der Waals surface area contributed by atoms with Crippen LogP contribution in [0.4, 0.5) is 52.7 Å². The van der Waals surface area contributed by atoms with E-state index in [-0.39, 0.29) is 87.2 Å². The van der Waals surface area contributed by atoms with Gasteiger partial charge in [-0.3, -0.25) is 0 Å². The van der Waals surface area contributed by atoms with Crippen LogP contribution in [0.3, 0.4) is 0 Å². The third-order valence-corrected chi connectivity index (χ3v) is 11.4. The van der Waals surface area contributed by atoms with Crippen LogP contribution in [-0.2, 0) is 24.7 Å². The number of hydrogen-bond acceptors (Lipinski definition) is 8. The molecule has 20 heteroatoms. The second-order valence-electron chi connectivity index (χ2n) is 14.8. The molecule has 0 fully saturated rings. The molecule has 0 N–H and O–H groups in total. The normalized spacial score (nSPS) is 12.2. The van der Waals surface area contributed by atoms with Crippen LogP contribution in [0.2, 0.25) is 0 Å². The molecule has 1 aromatic heterocycles. The van der Waals surface area contributed by atoms with E-state index in [4.69, 9.17) is 0 Å². The molecule has 7 rings (SSSR count). The van der Waals surface area contributed by atoms with Gasteiger partial charge in [0.2, 0.25) is 0 Å². The average molecular weight is 964 g/mol. The van der Waals surface area contributed by atoms with E-state index >= 15 is 0 Å². The minimum absolute atomic E-state index is 0.0271. The molecule has 0 saturated heterocycles. The number of alkyl halides is 12. The van der Waals surface area contributed by atoms with E-state index in [0.29, 0.717) is 24.3 Å². The predicted molar refractivity (Wildman–Crippen MR) is 223 cm³/mol. The number of fused-ring (bicyclic) bond motifs is 1. The van der Waals surface area contributed by atoms with Crippen molar-refractivity contribution in [2.75, 3.05) is 0 Å². The van der Waals surface area contributed by atoms with Gasteiger partial charge in [0, 0.05) is 5.22 Å². The molecule has 0 saturated carbocycles. The zero-order valence-corrected chi connectivity index (χ0v) is 34.7. The molecule has 7 nitrogen and oxygen atoms in total. The van der Waals surface area contributed by atoms with Crippen LogP contribution in [0, 0.1) is 78.4 Å². The van der Waals surface area contributed by atoms with Crippen LogP contribution in [-0.4, -0.2) is 4.98 Å². The first-order valence-electron chi connectivity index (χ1n) is 19.0. The van der Waals surface area contributed by atoms with Crippen molar-refractivity contribution >= 4 is 32.7 Å². The highest BCUT2D eigenvalue weighted by Crippen LogP contribution is 2.42. The maximum atomic E-state index is 14.0. The van der Waals surface area contributed by atoms with Crippen LogP contribution in [0.25, 0.3) is 65.9 Å². The summed E-state index contributed by atoms with van der Waals surface area (Å²) in [4.78, 5) is 4.38. The van der Waals surface area contributed by atoms with Gasteiger partial charge in [0.1, 0.15) is 34.5 Å². The van der Waals surface area contributed by atoms with Gasteiger partial charge in [-0.1, -0.05) is 12.1 Å². The Kier molecular flexibility index (Phi) is 12.3. The first-order valence-corrected chi connectivity index (χ1v) is 19.9. The topological polar surface area (TPSA) is 156 Å². The van der Waals surface area contributed by atoms with Gasteiger partial charge < -0.3 is 0 Å². The Morgan fingerprint density at radius 3 is 1.19 bits per heavy atom. The molecule has 338 valence electrons. The number of rotatable bonds is 4. The number of benzene rings is 6. The fourth-order valence-electron chi connectivity index (χ4n) is 7.26. The van der Waals surface area contributed by atoms with Gasteiger partial charge >= 0.3 is 24.7 Å². The van der Waals surface area contributed by atoms with E-state index in [1.165, 1.54) is 48.5 Å². The van der Waals surface area contributed by atoms with E-state index in [9.17, 15) is 84.3 Å². The number of aromatic nitrogens is 1. The summed E-state index contributed by atoms with van der Waals surface area (Å²) in [6.45, 7) is 0. The summed E-state index contributed by atoms with van der Waals surface area (Å²) in [6, 6.07) is 25.6. The first kappa shape index (κ1) is 48.0. The van der Waals surface area contributed by atoms with Gasteiger partial charge in [-0.15, -0.1) is 11.3 Å². The monoisotopic (exact) mass is 963 g/mol. The van der Waals surface area contributed by atoms with E-state index in [1.807, 2.05) is 12.1 Å². The molecule has 0 aliphatic heterocycles. The van der Waals surface area contributed by atoms with Crippen LogP contribution in [0.5, 0.6) is 0 Å². The minimum atomic E-state index is -5.26. The van der Waals surface area contributed by atoms with Crippen LogP contribution >= 0.6 is 11.3 Å². The van der Waals surface area contributed by atoms with Crippen LogP contribution < -0.4 is 9.88 Å². The summed E-state index contributed by atoms with van der Waals surface area (Å²) in [5.74, 6) is 0. The highest BCUT2D eigenvalue weighted by Gasteiger charge is 2.38. The highest BCUT2D eigenvalue weighted by atomic mass is 32.1. The van der Waals surface area contributed by atoms with Gasteiger partial charge in [0.15, 0.2) is 5.57 Å². The van der Waals surface area contributed by atoms with E-state index in [0.717, 1.165) is 29.5 Å². The Morgan fingerprint density at radius 2 is 0.797 bits per heavy atom. The van der Waals surface area contributed by atoms with Crippen molar-refractivity contribution in [2.45, 2.75) is 24.7 Å². The molecular formula is C49H17F12N7S. The number of halogens is 12. The minimum Gasteiger partial charge on any atom is -0.234 e. The largest absolute Gasteiger partial charge is 0.416 e. The highest BCUT2D eigenvalue weighted by molar-refractivity contribution is 7.16. The summed E-state index contributed by atoms with van der Waals surface area (Å²) in [5, 5.41) is 59.3. The van der Waals surface area contributed by atoms with Gasteiger partial charge in [-0.05, 0) is 146 Å². The van der Waals surface area contributed by atoms with Gasteiger partial charge in [0.25, 0.3) is 0 Å². The molecule has 0 bridgehead atoms.